The number of alkyl halides is 3. The minimum atomic E-state index is -2.19. The Hall–Kier alpha value is -0.250. The van der Waals surface area contributed by atoms with E-state index in [2.05, 4.69) is 4.74 Å². The Morgan fingerprint density at radius 2 is 1.79 bits per heavy atom. The zero-order valence-corrected chi connectivity index (χ0v) is 9.22. The molecule has 14 heavy (non-hydrogen) atoms. The van der Waals surface area contributed by atoms with E-state index in [4.69, 9.17) is 34.8 Å². The molecule has 1 aromatic rings. The minimum absolute atomic E-state index is 0.204. The van der Waals surface area contributed by atoms with E-state index in [1.165, 1.54) is 13.0 Å². The van der Waals surface area contributed by atoms with E-state index >= 15 is 0 Å². The molecule has 0 aliphatic carbocycles. The van der Waals surface area contributed by atoms with E-state index < -0.39 is 21.4 Å². The van der Waals surface area contributed by atoms with Crippen molar-refractivity contribution in [2.75, 3.05) is 0 Å². The molecular formula is C8H5Cl3F2O. The Morgan fingerprint density at radius 1 is 1.21 bits per heavy atom. The van der Waals surface area contributed by atoms with Crippen molar-refractivity contribution in [3.8, 4) is 5.75 Å². The van der Waals surface area contributed by atoms with E-state index in [-0.39, 0.29) is 5.56 Å². The van der Waals surface area contributed by atoms with Crippen molar-refractivity contribution >= 4 is 34.8 Å². The van der Waals surface area contributed by atoms with Crippen LogP contribution in [0.4, 0.5) is 8.78 Å². The Morgan fingerprint density at radius 3 is 2.29 bits per heavy atom. The molecule has 0 aliphatic heterocycles. The SMILES string of the molecule is Cc1ccc(F)c(OC(Cl)(Cl)Cl)c1F. The number of ether oxygens (including phenoxy) is 1. The zero-order valence-electron chi connectivity index (χ0n) is 6.95. The maximum absolute atomic E-state index is 13.3. The average Bonchev–Trinajstić information content (AvgIpc) is 2.04. The van der Waals surface area contributed by atoms with Gasteiger partial charge in [0.25, 0.3) is 0 Å². The monoisotopic (exact) mass is 260 g/mol. The third-order valence-electron chi connectivity index (χ3n) is 1.46. The molecule has 0 bridgehead atoms. The summed E-state index contributed by atoms with van der Waals surface area (Å²) in [5.41, 5.74) is 0.204. The number of benzene rings is 1. The molecule has 78 valence electrons. The van der Waals surface area contributed by atoms with Gasteiger partial charge in [0.1, 0.15) is 0 Å². The van der Waals surface area contributed by atoms with Crippen molar-refractivity contribution in [1.82, 2.24) is 0 Å². The highest BCUT2D eigenvalue weighted by atomic mass is 35.6. The number of aryl methyl sites for hydroxylation is 1. The van der Waals surface area contributed by atoms with Crippen LogP contribution in [0, 0.1) is 18.6 Å². The highest BCUT2D eigenvalue weighted by Gasteiger charge is 2.26. The molecule has 0 N–H and O–H groups in total. The fraction of sp³-hybridized carbons (Fsp3) is 0.250. The predicted molar refractivity (Wildman–Crippen MR) is 52.0 cm³/mol. The average molecular weight is 261 g/mol. The summed E-state index contributed by atoms with van der Waals surface area (Å²) in [5, 5.41) is 0. The molecule has 0 amide bonds. The first-order valence-electron chi connectivity index (χ1n) is 3.51. The Bertz CT molecular complexity index is 349. The Kier molecular flexibility index (Phi) is 3.45. The van der Waals surface area contributed by atoms with E-state index in [0.29, 0.717) is 0 Å². The third kappa shape index (κ3) is 2.87. The molecule has 0 atom stereocenters. The summed E-state index contributed by atoms with van der Waals surface area (Å²) in [5.74, 6) is -2.49. The normalized spacial score (nSPS) is 11.6. The predicted octanol–water partition coefficient (Wildman–Crippen LogP) is 3.98. The molecule has 0 radical (unpaired) electrons. The lowest BCUT2D eigenvalue weighted by molar-refractivity contribution is 0.285. The van der Waals surface area contributed by atoms with Crippen LogP contribution in [0.2, 0.25) is 0 Å². The third-order valence-corrected chi connectivity index (χ3v) is 1.69. The van der Waals surface area contributed by atoms with Crippen LogP contribution < -0.4 is 4.74 Å². The first kappa shape index (κ1) is 11.8. The number of hydrogen-bond acceptors (Lipinski definition) is 1. The van der Waals surface area contributed by atoms with Gasteiger partial charge in [0.2, 0.25) is 0 Å². The van der Waals surface area contributed by atoms with Crippen molar-refractivity contribution < 1.29 is 13.5 Å². The highest BCUT2D eigenvalue weighted by molar-refractivity contribution is 6.66. The molecule has 0 aromatic heterocycles. The highest BCUT2D eigenvalue weighted by Crippen LogP contribution is 2.34. The zero-order chi connectivity index (χ0) is 10.9. The van der Waals surface area contributed by atoms with Crippen molar-refractivity contribution in [2.45, 2.75) is 10.9 Å². The second-order valence-corrected chi connectivity index (χ2v) is 4.73. The Balaban J connectivity index is 3.13. The van der Waals surface area contributed by atoms with Crippen molar-refractivity contribution in [1.29, 1.82) is 0 Å². The maximum Gasteiger partial charge on any atom is 0.338 e. The summed E-state index contributed by atoms with van der Waals surface area (Å²) < 4.78 is 28.6. The van der Waals surface area contributed by atoms with Crippen LogP contribution in [-0.2, 0) is 0 Å². The van der Waals surface area contributed by atoms with Gasteiger partial charge >= 0.3 is 3.98 Å². The van der Waals surface area contributed by atoms with Crippen molar-refractivity contribution in [2.24, 2.45) is 0 Å². The molecule has 0 heterocycles. The number of rotatable bonds is 1. The molecule has 0 fully saturated rings. The standard InChI is InChI=1S/C8H5Cl3F2O/c1-4-2-3-5(12)7(6(4)13)14-8(9,10)11/h2-3H,1H3. The van der Waals surface area contributed by atoms with Gasteiger partial charge in [-0.15, -0.1) is 0 Å². The van der Waals surface area contributed by atoms with E-state index in [0.717, 1.165) is 6.07 Å². The van der Waals surface area contributed by atoms with Crippen LogP contribution >= 0.6 is 34.8 Å². The van der Waals surface area contributed by atoms with Gasteiger partial charge in [0.05, 0.1) is 0 Å². The first-order valence-corrected chi connectivity index (χ1v) is 4.65. The maximum atomic E-state index is 13.3. The minimum Gasteiger partial charge on any atom is -0.439 e. The second kappa shape index (κ2) is 4.09. The van der Waals surface area contributed by atoms with E-state index in [1.54, 1.807) is 0 Å². The van der Waals surface area contributed by atoms with Gasteiger partial charge in [-0.25, -0.2) is 8.78 Å². The van der Waals surface area contributed by atoms with Gasteiger partial charge < -0.3 is 4.74 Å². The molecule has 0 unspecified atom stereocenters. The van der Waals surface area contributed by atoms with Crippen molar-refractivity contribution in [3.63, 3.8) is 0 Å². The summed E-state index contributed by atoms with van der Waals surface area (Å²) in [6.07, 6.45) is 0. The number of hydrogen-bond donors (Lipinski definition) is 0. The van der Waals surface area contributed by atoms with Gasteiger partial charge in [0, 0.05) is 0 Å². The molecule has 1 rings (SSSR count). The molecular weight excluding hydrogens is 256 g/mol. The molecule has 0 aliphatic rings. The van der Waals surface area contributed by atoms with Crippen LogP contribution in [0.5, 0.6) is 5.75 Å². The van der Waals surface area contributed by atoms with Crippen LogP contribution in [0.1, 0.15) is 5.56 Å². The molecule has 6 heteroatoms. The molecule has 0 saturated carbocycles. The molecule has 1 aromatic carbocycles. The van der Waals surface area contributed by atoms with Crippen LogP contribution in [0.25, 0.3) is 0 Å². The van der Waals surface area contributed by atoms with Crippen LogP contribution in [0.3, 0.4) is 0 Å². The molecule has 0 saturated heterocycles. The number of halogens is 5. The fourth-order valence-electron chi connectivity index (χ4n) is 0.840. The van der Waals surface area contributed by atoms with Gasteiger partial charge in [-0.1, -0.05) is 6.07 Å². The molecule has 0 spiro atoms. The Labute approximate surface area is 94.5 Å². The lowest BCUT2D eigenvalue weighted by Gasteiger charge is -2.15. The lowest BCUT2D eigenvalue weighted by atomic mass is 10.2. The lowest BCUT2D eigenvalue weighted by Crippen LogP contribution is -2.15. The summed E-state index contributed by atoms with van der Waals surface area (Å²) in [4.78, 5) is 0. The fourth-order valence-corrected chi connectivity index (χ4v) is 1.07. The van der Waals surface area contributed by atoms with E-state index in [1.807, 2.05) is 0 Å². The van der Waals surface area contributed by atoms with Crippen molar-refractivity contribution in [3.05, 3.63) is 29.3 Å². The van der Waals surface area contributed by atoms with Gasteiger partial charge in [-0.05, 0) is 53.4 Å². The van der Waals surface area contributed by atoms with Gasteiger partial charge in [-0.2, -0.15) is 0 Å². The summed E-state index contributed by atoms with van der Waals surface area (Å²) in [6.45, 7) is 1.44. The topological polar surface area (TPSA) is 9.23 Å². The quantitative estimate of drug-likeness (QED) is 0.695. The molecule has 1 nitrogen and oxygen atoms in total. The van der Waals surface area contributed by atoms with Gasteiger partial charge in [-0.3, -0.25) is 0 Å². The second-order valence-electron chi connectivity index (χ2n) is 2.56. The van der Waals surface area contributed by atoms with Crippen LogP contribution in [-0.4, -0.2) is 3.98 Å². The van der Waals surface area contributed by atoms with Gasteiger partial charge in [0.15, 0.2) is 17.4 Å². The van der Waals surface area contributed by atoms with E-state index in [9.17, 15) is 8.78 Å². The van der Waals surface area contributed by atoms with Crippen LogP contribution in [0.15, 0.2) is 12.1 Å². The largest absolute Gasteiger partial charge is 0.439 e. The summed E-state index contributed by atoms with van der Waals surface area (Å²) in [6, 6.07) is 2.29. The summed E-state index contributed by atoms with van der Waals surface area (Å²) >= 11 is 15.7. The smallest absolute Gasteiger partial charge is 0.338 e. The first-order chi connectivity index (χ1) is 6.31. The summed E-state index contributed by atoms with van der Waals surface area (Å²) in [7, 11) is 0.